The Morgan fingerprint density at radius 1 is 1.43 bits per heavy atom. The summed E-state index contributed by atoms with van der Waals surface area (Å²) in [7, 11) is -5.01. The maximum Gasteiger partial charge on any atom is 0.317 e. The maximum absolute atomic E-state index is 10.4. The van der Waals surface area contributed by atoms with E-state index in [9.17, 15) is 19.6 Å². The summed E-state index contributed by atoms with van der Waals surface area (Å²) < 4.78 is 14.3. The highest BCUT2D eigenvalue weighted by atomic mass is 31.2. The molecule has 0 aliphatic rings. The number of nitrogens with zero attached hydrogens (tertiary/aromatic N) is 1. The molecule has 0 spiro atoms. The number of para-hydroxylation sites is 2. The SMILES string of the molecule is O=[N+]([O-])c1ccccc1OP(=O)([O-])O. The van der Waals surface area contributed by atoms with E-state index in [-0.39, 0.29) is 0 Å². The molecule has 1 atom stereocenters. The third-order valence-electron chi connectivity index (χ3n) is 1.28. The highest BCUT2D eigenvalue weighted by Crippen LogP contribution is 2.38. The Bertz CT molecular complexity index is 399. The second-order valence-corrected chi connectivity index (χ2v) is 3.40. The van der Waals surface area contributed by atoms with Gasteiger partial charge in [0.05, 0.1) is 4.92 Å². The number of benzene rings is 1. The molecule has 76 valence electrons. The van der Waals surface area contributed by atoms with Crippen LogP contribution in [0.3, 0.4) is 0 Å². The highest BCUT2D eigenvalue weighted by Gasteiger charge is 2.16. The zero-order valence-corrected chi connectivity index (χ0v) is 7.59. The zero-order chi connectivity index (χ0) is 10.8. The van der Waals surface area contributed by atoms with Gasteiger partial charge in [0.1, 0.15) is 0 Å². The van der Waals surface area contributed by atoms with E-state index >= 15 is 0 Å². The van der Waals surface area contributed by atoms with Gasteiger partial charge in [-0.2, -0.15) is 0 Å². The van der Waals surface area contributed by atoms with Crippen molar-refractivity contribution in [3.63, 3.8) is 0 Å². The van der Waals surface area contributed by atoms with Crippen LogP contribution in [-0.4, -0.2) is 9.82 Å². The van der Waals surface area contributed by atoms with E-state index in [4.69, 9.17) is 4.89 Å². The number of rotatable bonds is 3. The molecule has 0 saturated carbocycles. The van der Waals surface area contributed by atoms with E-state index in [1.807, 2.05) is 0 Å². The average molecular weight is 218 g/mol. The molecule has 1 unspecified atom stereocenters. The van der Waals surface area contributed by atoms with Gasteiger partial charge < -0.3 is 14.3 Å². The molecule has 0 heterocycles. The van der Waals surface area contributed by atoms with Gasteiger partial charge in [0.15, 0.2) is 0 Å². The van der Waals surface area contributed by atoms with E-state index in [1.165, 1.54) is 12.1 Å². The van der Waals surface area contributed by atoms with Gasteiger partial charge in [-0.05, 0) is 6.07 Å². The van der Waals surface area contributed by atoms with Gasteiger partial charge in [0.25, 0.3) is 0 Å². The van der Waals surface area contributed by atoms with E-state index in [1.54, 1.807) is 0 Å². The molecule has 0 aliphatic carbocycles. The molecule has 1 aromatic carbocycles. The van der Waals surface area contributed by atoms with E-state index in [0.29, 0.717) is 0 Å². The van der Waals surface area contributed by atoms with Crippen molar-refractivity contribution in [3.8, 4) is 5.75 Å². The Balaban J connectivity index is 3.08. The smallest absolute Gasteiger partial charge is 0.317 e. The lowest BCUT2D eigenvalue weighted by molar-refractivity contribution is -0.385. The summed E-state index contributed by atoms with van der Waals surface area (Å²) in [5, 5.41) is 10.4. The fourth-order valence-corrected chi connectivity index (χ4v) is 1.21. The molecule has 1 aromatic rings. The van der Waals surface area contributed by atoms with Crippen molar-refractivity contribution >= 4 is 13.5 Å². The lowest BCUT2D eigenvalue weighted by Crippen LogP contribution is -2.06. The Morgan fingerprint density at radius 2 is 2.00 bits per heavy atom. The van der Waals surface area contributed by atoms with Gasteiger partial charge in [-0.25, -0.2) is 0 Å². The van der Waals surface area contributed by atoms with Crippen LogP contribution in [0.15, 0.2) is 24.3 Å². The molecule has 14 heavy (non-hydrogen) atoms. The van der Waals surface area contributed by atoms with Crippen molar-refractivity contribution in [1.29, 1.82) is 0 Å². The van der Waals surface area contributed by atoms with Crippen LogP contribution < -0.4 is 9.42 Å². The fourth-order valence-electron chi connectivity index (χ4n) is 0.809. The first-order chi connectivity index (χ1) is 6.40. The molecule has 0 aromatic heterocycles. The first kappa shape index (κ1) is 10.6. The summed E-state index contributed by atoms with van der Waals surface area (Å²) in [5.74, 6) is -0.515. The van der Waals surface area contributed by atoms with E-state index in [2.05, 4.69) is 4.52 Å². The summed E-state index contributed by atoms with van der Waals surface area (Å²) >= 11 is 0. The minimum Gasteiger partial charge on any atom is -0.746 e. The van der Waals surface area contributed by atoms with Crippen LogP contribution in [0.25, 0.3) is 0 Å². The van der Waals surface area contributed by atoms with Gasteiger partial charge in [0.2, 0.25) is 5.75 Å². The summed E-state index contributed by atoms with van der Waals surface area (Å²) in [6, 6.07) is 4.82. The molecule has 0 aliphatic heterocycles. The average Bonchev–Trinajstić information content (AvgIpc) is 2.01. The van der Waals surface area contributed by atoms with Crippen molar-refractivity contribution in [2.45, 2.75) is 0 Å². The normalized spacial score (nSPS) is 14.4. The number of phosphoric ester groups is 1. The monoisotopic (exact) mass is 218 g/mol. The minimum absolute atomic E-state index is 0.515. The minimum atomic E-state index is -5.01. The van der Waals surface area contributed by atoms with Crippen molar-refractivity contribution in [1.82, 2.24) is 0 Å². The van der Waals surface area contributed by atoms with Crippen molar-refractivity contribution in [2.75, 3.05) is 0 Å². The maximum atomic E-state index is 10.4. The van der Waals surface area contributed by atoms with Crippen LogP contribution >= 0.6 is 7.82 Å². The molecule has 1 N–H and O–H groups in total. The Kier molecular flexibility index (Phi) is 2.85. The van der Waals surface area contributed by atoms with E-state index in [0.717, 1.165) is 12.1 Å². The Morgan fingerprint density at radius 3 is 2.50 bits per heavy atom. The van der Waals surface area contributed by atoms with Crippen LogP contribution in [-0.2, 0) is 4.57 Å². The lowest BCUT2D eigenvalue weighted by Gasteiger charge is -2.15. The van der Waals surface area contributed by atoms with Crippen molar-refractivity contribution in [2.24, 2.45) is 0 Å². The Labute approximate surface area is 78.3 Å². The third-order valence-corrected chi connectivity index (χ3v) is 1.70. The van der Waals surface area contributed by atoms with Crippen molar-refractivity contribution in [3.05, 3.63) is 34.4 Å². The summed E-state index contributed by atoms with van der Waals surface area (Å²) in [6.45, 7) is 0. The molecular weight excluding hydrogens is 213 g/mol. The van der Waals surface area contributed by atoms with E-state index < -0.39 is 24.2 Å². The second kappa shape index (κ2) is 3.75. The summed E-state index contributed by atoms with van der Waals surface area (Å²) in [6.07, 6.45) is 0. The first-order valence-electron chi connectivity index (χ1n) is 3.37. The standard InChI is InChI=1S/C6H6NO6P/c8-7(9)5-3-1-2-4-6(5)13-14(10,11)12/h1-4H,(H2,10,11,12)/p-1. The van der Waals surface area contributed by atoms with Gasteiger partial charge in [-0.3, -0.25) is 14.7 Å². The molecule has 7 nitrogen and oxygen atoms in total. The van der Waals surface area contributed by atoms with Crippen LogP contribution in [0.2, 0.25) is 0 Å². The van der Waals surface area contributed by atoms with Gasteiger partial charge in [-0.15, -0.1) is 0 Å². The van der Waals surface area contributed by atoms with Crippen LogP contribution in [0, 0.1) is 10.1 Å². The molecule has 0 fully saturated rings. The summed E-state index contributed by atoms with van der Waals surface area (Å²) in [5.41, 5.74) is -0.530. The highest BCUT2D eigenvalue weighted by molar-refractivity contribution is 7.45. The fraction of sp³-hybridized carbons (Fsp3) is 0. The third kappa shape index (κ3) is 2.81. The quantitative estimate of drug-likeness (QED) is 0.447. The molecule has 0 saturated heterocycles. The molecule has 8 heteroatoms. The predicted molar refractivity (Wildman–Crippen MR) is 43.5 cm³/mol. The molecule has 1 rings (SSSR count). The van der Waals surface area contributed by atoms with Crippen LogP contribution in [0.1, 0.15) is 0 Å². The molecule has 0 amide bonds. The number of nitro groups is 1. The lowest BCUT2D eigenvalue weighted by atomic mass is 10.3. The Hall–Kier alpha value is -1.43. The molecule has 0 bridgehead atoms. The number of phosphoric acid groups is 1. The molecular formula is C6H5NO6P-. The van der Waals surface area contributed by atoms with Crippen LogP contribution in [0.4, 0.5) is 5.69 Å². The summed E-state index contributed by atoms with van der Waals surface area (Å²) in [4.78, 5) is 28.2. The number of hydrogen-bond acceptors (Lipinski definition) is 5. The zero-order valence-electron chi connectivity index (χ0n) is 6.69. The predicted octanol–water partition coefficient (Wildman–Crippen LogP) is 0.434. The number of nitro benzene ring substituents is 1. The molecule has 0 radical (unpaired) electrons. The second-order valence-electron chi connectivity index (χ2n) is 2.28. The van der Waals surface area contributed by atoms with Gasteiger partial charge in [0, 0.05) is 6.07 Å². The van der Waals surface area contributed by atoms with Crippen LogP contribution in [0.5, 0.6) is 5.75 Å². The topological polar surface area (TPSA) is 113 Å². The van der Waals surface area contributed by atoms with Crippen molar-refractivity contribution < 1.29 is 23.8 Å². The largest absolute Gasteiger partial charge is 0.746 e. The van der Waals surface area contributed by atoms with Gasteiger partial charge in [-0.1, -0.05) is 12.1 Å². The van der Waals surface area contributed by atoms with Gasteiger partial charge >= 0.3 is 13.5 Å². The number of hydrogen-bond donors (Lipinski definition) is 1. The first-order valence-corrected chi connectivity index (χ1v) is 4.86.